The molecule has 90 valence electrons. The van der Waals surface area contributed by atoms with Crippen LogP contribution in [0.2, 0.25) is 0 Å². The molecule has 0 bridgehead atoms. The predicted octanol–water partition coefficient (Wildman–Crippen LogP) is 3.39. The Labute approximate surface area is 107 Å². The van der Waals surface area contributed by atoms with Crippen molar-refractivity contribution in [1.29, 1.82) is 0 Å². The Morgan fingerprint density at radius 2 is 2.12 bits per heavy atom. The van der Waals surface area contributed by atoms with Crippen molar-refractivity contribution in [2.45, 2.75) is 26.2 Å². The molecule has 0 amide bonds. The van der Waals surface area contributed by atoms with E-state index in [1.54, 1.807) is 7.11 Å². The van der Waals surface area contributed by atoms with E-state index < -0.39 is 0 Å². The number of nitrogens with one attached hydrogen (secondary N) is 1. The molecule has 0 spiro atoms. The zero-order valence-electron chi connectivity index (χ0n) is 10.1. The van der Waals surface area contributed by atoms with E-state index >= 15 is 0 Å². The Bertz CT molecular complexity index is 315. The molecule has 0 radical (unpaired) electrons. The zero-order valence-corrected chi connectivity index (χ0v) is 11.6. The van der Waals surface area contributed by atoms with Crippen molar-refractivity contribution in [3.8, 4) is 5.75 Å². The highest BCUT2D eigenvalue weighted by atomic mass is 79.9. The molecule has 0 aliphatic carbocycles. The fraction of sp³-hybridized carbons (Fsp3) is 0.538. The molecule has 0 aliphatic heterocycles. The molecular weight excluding hydrogens is 266 g/mol. The van der Waals surface area contributed by atoms with Crippen LogP contribution in [0, 0.1) is 0 Å². The van der Waals surface area contributed by atoms with Gasteiger partial charge < -0.3 is 10.1 Å². The topological polar surface area (TPSA) is 21.3 Å². The van der Waals surface area contributed by atoms with Gasteiger partial charge in [0, 0.05) is 4.47 Å². The zero-order chi connectivity index (χ0) is 11.8. The first-order valence-electron chi connectivity index (χ1n) is 5.81. The van der Waals surface area contributed by atoms with Crippen molar-refractivity contribution in [3.05, 3.63) is 28.2 Å². The van der Waals surface area contributed by atoms with Gasteiger partial charge in [-0.2, -0.15) is 0 Å². The molecule has 0 unspecified atom stereocenters. The number of aryl methyl sites for hydroxylation is 1. The monoisotopic (exact) mass is 285 g/mol. The van der Waals surface area contributed by atoms with E-state index in [-0.39, 0.29) is 0 Å². The van der Waals surface area contributed by atoms with Crippen molar-refractivity contribution in [2.75, 3.05) is 20.2 Å². The van der Waals surface area contributed by atoms with Gasteiger partial charge in [-0.05, 0) is 56.1 Å². The summed E-state index contributed by atoms with van der Waals surface area (Å²) in [7, 11) is 1.73. The van der Waals surface area contributed by atoms with Crippen LogP contribution < -0.4 is 10.1 Å². The molecule has 0 saturated carbocycles. The van der Waals surface area contributed by atoms with Gasteiger partial charge >= 0.3 is 0 Å². The fourth-order valence-electron chi connectivity index (χ4n) is 1.68. The van der Waals surface area contributed by atoms with Gasteiger partial charge in [-0.3, -0.25) is 0 Å². The summed E-state index contributed by atoms with van der Waals surface area (Å²) in [5.74, 6) is 0.992. The second-order valence-corrected chi connectivity index (χ2v) is 4.68. The lowest BCUT2D eigenvalue weighted by molar-refractivity contribution is 0.408. The van der Waals surface area contributed by atoms with Gasteiger partial charge in [0.25, 0.3) is 0 Å². The summed E-state index contributed by atoms with van der Waals surface area (Å²) >= 11 is 3.49. The lowest BCUT2D eigenvalue weighted by atomic mass is 10.1. The molecule has 1 aromatic rings. The molecule has 2 nitrogen and oxygen atoms in total. The van der Waals surface area contributed by atoms with E-state index in [9.17, 15) is 0 Å². The number of halogens is 1. The number of hydrogen-bond donors (Lipinski definition) is 1. The first-order valence-corrected chi connectivity index (χ1v) is 6.60. The Hall–Kier alpha value is -0.540. The number of ether oxygens (including phenoxy) is 1. The molecule has 1 aromatic carbocycles. The standard InChI is InChI=1S/C13H20BrNO/c1-3-15-9-5-4-6-11-10-12(14)7-8-13(11)16-2/h7-8,10,15H,3-6,9H2,1-2H3. The highest BCUT2D eigenvalue weighted by molar-refractivity contribution is 9.10. The van der Waals surface area contributed by atoms with Gasteiger partial charge in [-0.15, -0.1) is 0 Å². The average Bonchev–Trinajstić information content (AvgIpc) is 2.29. The van der Waals surface area contributed by atoms with Crippen LogP contribution in [0.1, 0.15) is 25.3 Å². The third-order valence-corrected chi connectivity index (χ3v) is 3.04. The number of rotatable bonds is 7. The molecule has 3 heteroatoms. The maximum absolute atomic E-state index is 5.34. The first-order chi connectivity index (χ1) is 7.77. The number of hydrogen-bond acceptors (Lipinski definition) is 2. The Balaban J connectivity index is 2.42. The van der Waals surface area contributed by atoms with Crippen molar-refractivity contribution < 1.29 is 4.74 Å². The van der Waals surface area contributed by atoms with Gasteiger partial charge in [0.15, 0.2) is 0 Å². The molecule has 0 fully saturated rings. The van der Waals surface area contributed by atoms with E-state index in [1.165, 1.54) is 18.4 Å². The molecule has 0 heterocycles. The second kappa shape index (κ2) is 7.69. The van der Waals surface area contributed by atoms with Gasteiger partial charge in [0.05, 0.1) is 7.11 Å². The lowest BCUT2D eigenvalue weighted by Gasteiger charge is -2.09. The molecule has 0 aromatic heterocycles. The third kappa shape index (κ3) is 4.54. The summed E-state index contributed by atoms with van der Waals surface area (Å²) in [6.07, 6.45) is 3.48. The summed E-state index contributed by atoms with van der Waals surface area (Å²) in [4.78, 5) is 0. The largest absolute Gasteiger partial charge is 0.496 e. The Morgan fingerprint density at radius 1 is 1.31 bits per heavy atom. The number of unbranched alkanes of at least 4 members (excludes halogenated alkanes) is 1. The van der Waals surface area contributed by atoms with Gasteiger partial charge in [0.2, 0.25) is 0 Å². The van der Waals surface area contributed by atoms with Crippen LogP contribution in [-0.2, 0) is 6.42 Å². The van der Waals surface area contributed by atoms with Crippen LogP contribution in [-0.4, -0.2) is 20.2 Å². The molecule has 16 heavy (non-hydrogen) atoms. The molecule has 1 N–H and O–H groups in total. The SMILES string of the molecule is CCNCCCCc1cc(Br)ccc1OC. The normalized spacial score (nSPS) is 10.4. The highest BCUT2D eigenvalue weighted by Crippen LogP contribution is 2.24. The number of methoxy groups -OCH3 is 1. The van der Waals surface area contributed by atoms with Crippen LogP contribution in [0.15, 0.2) is 22.7 Å². The minimum absolute atomic E-state index is 0.992. The lowest BCUT2D eigenvalue weighted by Crippen LogP contribution is -2.13. The molecule has 1 rings (SSSR count). The summed E-state index contributed by atoms with van der Waals surface area (Å²) < 4.78 is 6.46. The van der Waals surface area contributed by atoms with Crippen molar-refractivity contribution in [3.63, 3.8) is 0 Å². The summed E-state index contributed by atoms with van der Waals surface area (Å²) in [6, 6.07) is 6.18. The van der Waals surface area contributed by atoms with Crippen LogP contribution in [0.5, 0.6) is 5.75 Å². The smallest absolute Gasteiger partial charge is 0.122 e. The fourth-order valence-corrected chi connectivity index (χ4v) is 2.09. The summed E-state index contributed by atoms with van der Waals surface area (Å²) in [6.45, 7) is 4.30. The van der Waals surface area contributed by atoms with Gasteiger partial charge in [0.1, 0.15) is 5.75 Å². The van der Waals surface area contributed by atoms with E-state index in [4.69, 9.17) is 4.74 Å². The van der Waals surface area contributed by atoms with E-state index in [0.29, 0.717) is 0 Å². The first kappa shape index (κ1) is 13.5. The van der Waals surface area contributed by atoms with Crippen LogP contribution in [0.25, 0.3) is 0 Å². The second-order valence-electron chi connectivity index (χ2n) is 3.77. The maximum atomic E-state index is 5.34. The van der Waals surface area contributed by atoms with Crippen LogP contribution >= 0.6 is 15.9 Å². The van der Waals surface area contributed by atoms with E-state index in [2.05, 4.69) is 34.2 Å². The summed E-state index contributed by atoms with van der Waals surface area (Å²) in [5, 5.41) is 3.33. The van der Waals surface area contributed by atoms with Crippen molar-refractivity contribution in [2.24, 2.45) is 0 Å². The minimum atomic E-state index is 0.992. The van der Waals surface area contributed by atoms with Crippen molar-refractivity contribution >= 4 is 15.9 Å². The van der Waals surface area contributed by atoms with Crippen molar-refractivity contribution in [1.82, 2.24) is 5.32 Å². The van der Waals surface area contributed by atoms with Gasteiger partial charge in [-0.25, -0.2) is 0 Å². The Morgan fingerprint density at radius 3 is 2.81 bits per heavy atom. The Kier molecular flexibility index (Phi) is 6.50. The highest BCUT2D eigenvalue weighted by Gasteiger charge is 2.03. The maximum Gasteiger partial charge on any atom is 0.122 e. The van der Waals surface area contributed by atoms with Gasteiger partial charge in [-0.1, -0.05) is 22.9 Å². The molecule has 0 aliphatic rings. The van der Waals surface area contributed by atoms with Crippen LogP contribution in [0.4, 0.5) is 0 Å². The third-order valence-electron chi connectivity index (χ3n) is 2.54. The number of benzene rings is 1. The average molecular weight is 286 g/mol. The minimum Gasteiger partial charge on any atom is -0.496 e. The summed E-state index contributed by atoms with van der Waals surface area (Å²) in [5.41, 5.74) is 1.29. The van der Waals surface area contributed by atoms with E-state index in [0.717, 1.165) is 29.7 Å². The quantitative estimate of drug-likeness (QED) is 0.776. The van der Waals surface area contributed by atoms with Crippen LogP contribution in [0.3, 0.4) is 0 Å². The molecule has 0 atom stereocenters. The molecule has 0 saturated heterocycles. The molecular formula is C13H20BrNO. The van der Waals surface area contributed by atoms with E-state index in [1.807, 2.05) is 12.1 Å². The predicted molar refractivity (Wildman–Crippen MR) is 72.2 cm³/mol.